The van der Waals surface area contributed by atoms with E-state index >= 15 is 0 Å². The molecule has 1 N–H and O–H groups in total. The van der Waals surface area contributed by atoms with E-state index in [1.54, 1.807) is 43.3 Å². The summed E-state index contributed by atoms with van der Waals surface area (Å²) in [6, 6.07) is 9.98. The van der Waals surface area contributed by atoms with Crippen LogP contribution in [0.2, 0.25) is 0 Å². The van der Waals surface area contributed by atoms with Crippen molar-refractivity contribution in [1.82, 2.24) is 14.5 Å². The van der Waals surface area contributed by atoms with Gasteiger partial charge in [-0.05, 0) is 49.6 Å². The molecule has 2 heterocycles. The molecule has 0 aliphatic carbocycles. The van der Waals surface area contributed by atoms with Crippen molar-refractivity contribution in [3.63, 3.8) is 0 Å². The molecule has 8 nitrogen and oxygen atoms in total. The van der Waals surface area contributed by atoms with E-state index in [0.29, 0.717) is 30.3 Å². The number of esters is 1. The molecule has 0 bridgehead atoms. The SMILES string of the molecule is CCOC(=O)c1ccc(NCc2ccc(S(=O)(=O)N3CCCC3)cc2)nn1. The largest absolute Gasteiger partial charge is 0.461 e. The Labute approximate surface area is 158 Å². The molecular formula is C18H22N4O4S. The van der Waals surface area contributed by atoms with Crippen LogP contribution >= 0.6 is 0 Å². The topological polar surface area (TPSA) is 101 Å². The number of sulfonamides is 1. The summed E-state index contributed by atoms with van der Waals surface area (Å²) in [5, 5.41) is 10.9. The Bertz CT molecular complexity index is 877. The predicted molar refractivity (Wildman–Crippen MR) is 99.8 cm³/mol. The average molecular weight is 390 g/mol. The Morgan fingerprint density at radius 3 is 2.41 bits per heavy atom. The fourth-order valence-electron chi connectivity index (χ4n) is 2.79. The van der Waals surface area contributed by atoms with Gasteiger partial charge >= 0.3 is 5.97 Å². The van der Waals surface area contributed by atoms with Crippen molar-refractivity contribution in [3.8, 4) is 0 Å². The summed E-state index contributed by atoms with van der Waals surface area (Å²) in [6.45, 7) is 3.64. The molecule has 0 atom stereocenters. The molecule has 1 saturated heterocycles. The van der Waals surface area contributed by atoms with Gasteiger partial charge in [0.25, 0.3) is 0 Å². The lowest BCUT2D eigenvalue weighted by Gasteiger charge is -2.15. The van der Waals surface area contributed by atoms with Crippen LogP contribution in [0.1, 0.15) is 35.8 Å². The first-order valence-corrected chi connectivity index (χ1v) is 10.3. The molecule has 0 amide bonds. The van der Waals surface area contributed by atoms with Crippen LogP contribution < -0.4 is 5.32 Å². The lowest BCUT2D eigenvalue weighted by molar-refractivity contribution is 0.0518. The molecule has 0 radical (unpaired) electrons. The fraction of sp³-hybridized carbons (Fsp3) is 0.389. The third kappa shape index (κ3) is 4.61. The number of benzene rings is 1. The molecule has 0 spiro atoms. The van der Waals surface area contributed by atoms with Crippen LogP contribution in [0.15, 0.2) is 41.3 Å². The highest BCUT2D eigenvalue weighted by Gasteiger charge is 2.26. The lowest BCUT2D eigenvalue weighted by Crippen LogP contribution is -2.27. The third-order valence-corrected chi connectivity index (χ3v) is 6.16. The van der Waals surface area contributed by atoms with Crippen LogP contribution in [0.3, 0.4) is 0 Å². The highest BCUT2D eigenvalue weighted by Crippen LogP contribution is 2.21. The van der Waals surface area contributed by atoms with E-state index in [-0.39, 0.29) is 12.3 Å². The molecule has 9 heteroatoms. The van der Waals surface area contributed by atoms with Gasteiger partial charge in [-0.15, -0.1) is 10.2 Å². The number of carbonyl (C=O) groups excluding carboxylic acids is 1. The maximum atomic E-state index is 12.5. The Balaban J connectivity index is 1.59. The molecule has 1 aliphatic rings. The van der Waals surface area contributed by atoms with Gasteiger partial charge in [0.2, 0.25) is 10.0 Å². The summed E-state index contributed by atoms with van der Waals surface area (Å²) in [6.07, 6.45) is 1.83. The van der Waals surface area contributed by atoms with Gasteiger partial charge in [-0.2, -0.15) is 4.31 Å². The Morgan fingerprint density at radius 2 is 1.81 bits per heavy atom. The van der Waals surface area contributed by atoms with Gasteiger partial charge in [0, 0.05) is 19.6 Å². The molecular weight excluding hydrogens is 368 g/mol. The number of nitrogens with zero attached hydrogens (tertiary/aromatic N) is 3. The first kappa shape index (κ1) is 19.2. The van der Waals surface area contributed by atoms with Crippen LogP contribution in [0.5, 0.6) is 0 Å². The minimum atomic E-state index is -3.39. The van der Waals surface area contributed by atoms with E-state index in [2.05, 4.69) is 15.5 Å². The molecule has 1 aliphatic heterocycles. The fourth-order valence-corrected chi connectivity index (χ4v) is 4.31. The quantitative estimate of drug-likeness (QED) is 0.722. The summed E-state index contributed by atoms with van der Waals surface area (Å²) in [7, 11) is -3.39. The number of nitrogens with one attached hydrogen (secondary N) is 1. The summed E-state index contributed by atoms with van der Waals surface area (Å²) in [4.78, 5) is 11.9. The van der Waals surface area contributed by atoms with Gasteiger partial charge in [-0.1, -0.05) is 12.1 Å². The number of ether oxygens (including phenoxy) is 1. The summed E-state index contributed by atoms with van der Waals surface area (Å²) in [5.41, 5.74) is 1.06. The van der Waals surface area contributed by atoms with Gasteiger partial charge in [0.1, 0.15) is 5.82 Å². The highest BCUT2D eigenvalue weighted by atomic mass is 32.2. The standard InChI is InChI=1S/C18H22N4O4S/c1-2-26-18(23)16-9-10-17(21-20-16)19-13-14-5-7-15(8-6-14)27(24,25)22-11-3-4-12-22/h5-10H,2-4,11-13H2,1H3,(H,19,21). The van der Waals surface area contributed by atoms with Crippen LogP contribution in [0.25, 0.3) is 0 Å². The number of carbonyl (C=O) groups is 1. The number of rotatable bonds is 7. The van der Waals surface area contributed by atoms with Crippen molar-refractivity contribution < 1.29 is 17.9 Å². The van der Waals surface area contributed by atoms with Crippen molar-refractivity contribution in [2.45, 2.75) is 31.2 Å². The van der Waals surface area contributed by atoms with Gasteiger partial charge in [0.15, 0.2) is 5.69 Å². The Kier molecular flexibility index (Phi) is 6.02. The van der Waals surface area contributed by atoms with E-state index in [4.69, 9.17) is 4.74 Å². The number of hydrogen-bond acceptors (Lipinski definition) is 7. The molecule has 1 fully saturated rings. The Morgan fingerprint density at radius 1 is 1.11 bits per heavy atom. The zero-order valence-electron chi connectivity index (χ0n) is 15.1. The molecule has 0 unspecified atom stereocenters. The van der Waals surface area contributed by atoms with Crippen molar-refractivity contribution in [2.75, 3.05) is 25.0 Å². The van der Waals surface area contributed by atoms with E-state index in [1.165, 1.54) is 4.31 Å². The monoisotopic (exact) mass is 390 g/mol. The summed E-state index contributed by atoms with van der Waals surface area (Å²) < 4.78 is 31.4. The van der Waals surface area contributed by atoms with Crippen LogP contribution in [-0.4, -0.2) is 48.6 Å². The van der Waals surface area contributed by atoms with Crippen LogP contribution in [0.4, 0.5) is 5.82 Å². The van der Waals surface area contributed by atoms with Gasteiger partial charge < -0.3 is 10.1 Å². The zero-order chi connectivity index (χ0) is 19.3. The average Bonchev–Trinajstić information content (AvgIpc) is 3.23. The smallest absolute Gasteiger partial charge is 0.358 e. The number of aromatic nitrogens is 2. The first-order chi connectivity index (χ1) is 13.0. The first-order valence-electron chi connectivity index (χ1n) is 8.84. The van der Waals surface area contributed by atoms with Crippen LogP contribution in [-0.2, 0) is 21.3 Å². The maximum Gasteiger partial charge on any atom is 0.358 e. The van der Waals surface area contributed by atoms with Gasteiger partial charge in [-0.3, -0.25) is 0 Å². The lowest BCUT2D eigenvalue weighted by atomic mass is 10.2. The number of hydrogen-bond donors (Lipinski definition) is 1. The minimum absolute atomic E-state index is 0.152. The highest BCUT2D eigenvalue weighted by molar-refractivity contribution is 7.89. The van der Waals surface area contributed by atoms with Crippen molar-refractivity contribution in [1.29, 1.82) is 0 Å². The van der Waals surface area contributed by atoms with Crippen LogP contribution in [0, 0.1) is 0 Å². The normalized spacial score (nSPS) is 14.9. The Hall–Kier alpha value is -2.52. The second kappa shape index (κ2) is 8.45. The van der Waals surface area contributed by atoms with E-state index in [9.17, 15) is 13.2 Å². The second-order valence-electron chi connectivity index (χ2n) is 6.13. The van der Waals surface area contributed by atoms with Gasteiger partial charge in [-0.25, -0.2) is 13.2 Å². The second-order valence-corrected chi connectivity index (χ2v) is 8.07. The van der Waals surface area contributed by atoms with Gasteiger partial charge in [0.05, 0.1) is 11.5 Å². The van der Waals surface area contributed by atoms with Crippen molar-refractivity contribution in [3.05, 3.63) is 47.7 Å². The predicted octanol–water partition coefficient (Wildman–Crippen LogP) is 2.05. The molecule has 0 saturated carbocycles. The number of anilines is 1. The van der Waals surface area contributed by atoms with Crippen molar-refractivity contribution >= 4 is 21.8 Å². The van der Waals surface area contributed by atoms with E-state index < -0.39 is 16.0 Å². The molecule has 1 aromatic heterocycles. The maximum absolute atomic E-state index is 12.5. The van der Waals surface area contributed by atoms with E-state index in [1.807, 2.05) is 0 Å². The zero-order valence-corrected chi connectivity index (χ0v) is 15.9. The summed E-state index contributed by atoms with van der Waals surface area (Å²) in [5.74, 6) is 0.00293. The molecule has 27 heavy (non-hydrogen) atoms. The molecule has 3 rings (SSSR count). The molecule has 2 aromatic rings. The third-order valence-electron chi connectivity index (χ3n) is 4.25. The molecule has 1 aromatic carbocycles. The van der Waals surface area contributed by atoms with Crippen molar-refractivity contribution in [2.24, 2.45) is 0 Å². The minimum Gasteiger partial charge on any atom is -0.461 e. The molecule has 144 valence electrons. The summed E-state index contributed by atoms with van der Waals surface area (Å²) >= 11 is 0. The van der Waals surface area contributed by atoms with E-state index in [0.717, 1.165) is 18.4 Å².